The van der Waals surface area contributed by atoms with Crippen LogP contribution in [-0.4, -0.2) is 49.6 Å². The van der Waals surface area contributed by atoms with E-state index < -0.39 is 0 Å². The number of morpholine rings is 1. The highest BCUT2D eigenvalue weighted by Crippen LogP contribution is 2.29. The maximum atomic E-state index is 12.9. The Morgan fingerprint density at radius 1 is 0.875 bits per heavy atom. The second-order valence-corrected chi connectivity index (χ2v) is 7.46. The molecule has 1 heterocycles. The van der Waals surface area contributed by atoms with Crippen LogP contribution in [0.25, 0.3) is 11.1 Å². The van der Waals surface area contributed by atoms with Crippen LogP contribution in [0.5, 0.6) is 5.75 Å². The lowest BCUT2D eigenvalue weighted by molar-refractivity contribution is -0.116. The predicted molar refractivity (Wildman–Crippen MR) is 124 cm³/mol. The summed E-state index contributed by atoms with van der Waals surface area (Å²) in [6, 6.07) is 24.8. The second-order valence-electron chi connectivity index (χ2n) is 7.46. The van der Waals surface area contributed by atoms with Gasteiger partial charge in [0.2, 0.25) is 5.91 Å². The number of carbonyl (C=O) groups excluding carboxylic acids is 2. The van der Waals surface area contributed by atoms with Crippen molar-refractivity contribution in [3.8, 4) is 16.9 Å². The van der Waals surface area contributed by atoms with Crippen LogP contribution in [0.15, 0.2) is 78.9 Å². The SMILES string of the molecule is O=C(CCOc1ccccc1-c1ccccc1)Nc1ccccc1C(=O)N1CCOCC1. The average molecular weight is 431 g/mol. The maximum absolute atomic E-state index is 12.9. The number of hydrogen-bond donors (Lipinski definition) is 1. The fourth-order valence-corrected chi connectivity index (χ4v) is 3.63. The van der Waals surface area contributed by atoms with Gasteiger partial charge in [-0.25, -0.2) is 0 Å². The molecule has 0 aliphatic carbocycles. The van der Waals surface area contributed by atoms with Crippen molar-refractivity contribution in [2.24, 2.45) is 0 Å². The topological polar surface area (TPSA) is 67.9 Å². The Morgan fingerprint density at radius 2 is 1.56 bits per heavy atom. The minimum Gasteiger partial charge on any atom is -0.492 e. The van der Waals surface area contributed by atoms with Crippen molar-refractivity contribution < 1.29 is 19.1 Å². The first-order valence-corrected chi connectivity index (χ1v) is 10.8. The minimum absolute atomic E-state index is 0.0998. The van der Waals surface area contributed by atoms with Crippen molar-refractivity contribution in [3.63, 3.8) is 0 Å². The number of amides is 2. The normalized spacial score (nSPS) is 13.4. The number of nitrogens with one attached hydrogen (secondary N) is 1. The van der Waals surface area contributed by atoms with Crippen molar-refractivity contribution in [2.45, 2.75) is 6.42 Å². The van der Waals surface area contributed by atoms with Crippen molar-refractivity contribution in [1.29, 1.82) is 0 Å². The quantitative estimate of drug-likeness (QED) is 0.609. The van der Waals surface area contributed by atoms with E-state index in [9.17, 15) is 9.59 Å². The highest BCUT2D eigenvalue weighted by atomic mass is 16.5. The van der Waals surface area contributed by atoms with Crippen LogP contribution in [0.3, 0.4) is 0 Å². The lowest BCUT2D eigenvalue weighted by Crippen LogP contribution is -2.41. The molecular weight excluding hydrogens is 404 g/mol. The highest BCUT2D eigenvalue weighted by molar-refractivity contribution is 6.03. The van der Waals surface area contributed by atoms with E-state index in [2.05, 4.69) is 5.32 Å². The molecule has 3 aromatic rings. The molecule has 6 heteroatoms. The van der Waals surface area contributed by atoms with E-state index in [4.69, 9.17) is 9.47 Å². The Bertz CT molecular complexity index is 1060. The Morgan fingerprint density at radius 3 is 2.38 bits per heavy atom. The highest BCUT2D eigenvalue weighted by Gasteiger charge is 2.21. The van der Waals surface area contributed by atoms with Crippen LogP contribution >= 0.6 is 0 Å². The Kier molecular flexibility index (Phi) is 7.15. The van der Waals surface area contributed by atoms with Crippen molar-refractivity contribution in [1.82, 2.24) is 4.90 Å². The maximum Gasteiger partial charge on any atom is 0.256 e. The third-order valence-electron chi connectivity index (χ3n) is 5.29. The van der Waals surface area contributed by atoms with E-state index in [0.717, 1.165) is 16.9 Å². The zero-order chi connectivity index (χ0) is 22.2. The number of anilines is 1. The summed E-state index contributed by atoms with van der Waals surface area (Å²) in [5, 5.41) is 2.87. The Labute approximate surface area is 187 Å². The number of benzene rings is 3. The molecule has 1 aliphatic heterocycles. The third kappa shape index (κ3) is 5.34. The molecule has 0 saturated carbocycles. The van der Waals surface area contributed by atoms with Gasteiger partial charge in [-0.2, -0.15) is 0 Å². The van der Waals surface area contributed by atoms with E-state index in [1.54, 1.807) is 29.2 Å². The standard InChI is InChI=1S/C26H26N2O4/c29-25(14-17-32-24-13-7-5-10-21(24)20-8-2-1-3-9-20)27-23-12-6-4-11-22(23)26(30)28-15-18-31-19-16-28/h1-13H,14-19H2,(H,27,29). The molecule has 0 atom stereocenters. The van der Waals surface area contributed by atoms with E-state index >= 15 is 0 Å². The van der Waals surface area contributed by atoms with Gasteiger partial charge >= 0.3 is 0 Å². The monoisotopic (exact) mass is 430 g/mol. The summed E-state index contributed by atoms with van der Waals surface area (Å²) in [4.78, 5) is 27.2. The van der Waals surface area contributed by atoms with Gasteiger partial charge < -0.3 is 19.7 Å². The molecule has 2 amide bonds. The zero-order valence-electron chi connectivity index (χ0n) is 17.8. The molecule has 1 saturated heterocycles. The van der Waals surface area contributed by atoms with Crippen LogP contribution in [0.1, 0.15) is 16.8 Å². The number of para-hydroxylation sites is 2. The van der Waals surface area contributed by atoms with Gasteiger partial charge in [-0.05, 0) is 23.8 Å². The van der Waals surface area contributed by atoms with E-state index in [0.29, 0.717) is 37.6 Å². The van der Waals surface area contributed by atoms with E-state index in [1.807, 2.05) is 54.6 Å². The summed E-state index contributed by atoms with van der Waals surface area (Å²) in [6.07, 6.45) is 0.170. The average Bonchev–Trinajstić information content (AvgIpc) is 2.85. The molecule has 0 unspecified atom stereocenters. The lowest BCUT2D eigenvalue weighted by Gasteiger charge is -2.27. The predicted octanol–water partition coefficient (Wildman–Crippen LogP) is 4.23. The number of rotatable bonds is 7. The molecule has 3 aromatic carbocycles. The van der Waals surface area contributed by atoms with Gasteiger partial charge in [0.1, 0.15) is 5.75 Å². The summed E-state index contributed by atoms with van der Waals surface area (Å²) < 4.78 is 11.2. The number of hydrogen-bond acceptors (Lipinski definition) is 4. The van der Waals surface area contributed by atoms with E-state index in [-0.39, 0.29) is 24.8 Å². The van der Waals surface area contributed by atoms with Crippen molar-refractivity contribution in [3.05, 3.63) is 84.4 Å². The fourth-order valence-electron chi connectivity index (χ4n) is 3.63. The van der Waals surface area contributed by atoms with E-state index in [1.165, 1.54) is 0 Å². The summed E-state index contributed by atoms with van der Waals surface area (Å²) in [7, 11) is 0. The molecule has 4 rings (SSSR count). The van der Waals surface area contributed by atoms with Gasteiger partial charge in [-0.1, -0.05) is 60.7 Å². The molecule has 1 N–H and O–H groups in total. The molecule has 1 aliphatic rings. The molecule has 0 bridgehead atoms. The van der Waals surface area contributed by atoms with Crippen molar-refractivity contribution >= 4 is 17.5 Å². The smallest absolute Gasteiger partial charge is 0.256 e. The molecule has 164 valence electrons. The summed E-state index contributed by atoms with van der Waals surface area (Å²) in [5.74, 6) is 0.427. The molecule has 32 heavy (non-hydrogen) atoms. The third-order valence-corrected chi connectivity index (χ3v) is 5.29. The van der Waals surface area contributed by atoms with Crippen molar-refractivity contribution in [2.75, 3.05) is 38.2 Å². The van der Waals surface area contributed by atoms with Crippen LogP contribution in [-0.2, 0) is 9.53 Å². The van der Waals surface area contributed by atoms with Gasteiger partial charge in [0.05, 0.1) is 37.5 Å². The molecule has 0 radical (unpaired) electrons. The molecule has 1 fully saturated rings. The molecule has 0 spiro atoms. The Balaban J connectivity index is 1.36. The van der Waals surface area contributed by atoms with Crippen LogP contribution in [0.4, 0.5) is 5.69 Å². The summed E-state index contributed by atoms with van der Waals surface area (Å²) >= 11 is 0. The largest absolute Gasteiger partial charge is 0.492 e. The second kappa shape index (κ2) is 10.6. The van der Waals surface area contributed by atoms with Gasteiger partial charge in [0, 0.05) is 18.7 Å². The summed E-state index contributed by atoms with van der Waals surface area (Å²) in [6.45, 7) is 2.39. The molecular formula is C26H26N2O4. The number of ether oxygens (including phenoxy) is 2. The minimum atomic E-state index is -0.204. The molecule has 0 aromatic heterocycles. The van der Waals surface area contributed by atoms with Crippen LogP contribution in [0.2, 0.25) is 0 Å². The number of carbonyl (C=O) groups is 2. The van der Waals surface area contributed by atoms with Crippen LogP contribution in [0, 0.1) is 0 Å². The zero-order valence-corrected chi connectivity index (χ0v) is 17.8. The van der Waals surface area contributed by atoms with Crippen LogP contribution < -0.4 is 10.1 Å². The van der Waals surface area contributed by atoms with Gasteiger partial charge in [-0.15, -0.1) is 0 Å². The lowest BCUT2D eigenvalue weighted by atomic mass is 10.1. The summed E-state index contributed by atoms with van der Waals surface area (Å²) in [5.41, 5.74) is 3.04. The fraction of sp³-hybridized carbons (Fsp3) is 0.231. The first-order valence-electron chi connectivity index (χ1n) is 10.8. The van der Waals surface area contributed by atoms with Gasteiger partial charge in [0.15, 0.2) is 0 Å². The first-order chi connectivity index (χ1) is 15.7. The first kappa shape index (κ1) is 21.6. The Hall–Kier alpha value is -3.64. The number of nitrogens with zero attached hydrogens (tertiary/aromatic N) is 1. The molecule has 6 nitrogen and oxygen atoms in total. The van der Waals surface area contributed by atoms with Gasteiger partial charge in [0.25, 0.3) is 5.91 Å². The van der Waals surface area contributed by atoms with Gasteiger partial charge in [-0.3, -0.25) is 9.59 Å².